The van der Waals surface area contributed by atoms with E-state index in [4.69, 9.17) is 0 Å². The molecule has 0 radical (unpaired) electrons. The normalized spacial score (nSPS) is 16.4. The molecule has 0 aliphatic heterocycles. The van der Waals surface area contributed by atoms with Gasteiger partial charge in [-0.1, -0.05) is 0 Å². The number of allylic oxidation sites excluding steroid dienone is 2. The van der Waals surface area contributed by atoms with Crippen molar-refractivity contribution in [3.63, 3.8) is 0 Å². The molecule has 0 heterocycles. The summed E-state index contributed by atoms with van der Waals surface area (Å²) in [6.45, 7) is 4.86. The molecule has 2 unspecified atom stereocenters. The summed E-state index contributed by atoms with van der Waals surface area (Å²) >= 11 is -2.31. The minimum Gasteiger partial charge on any atom is -1.00 e. The van der Waals surface area contributed by atoms with Gasteiger partial charge in [0.15, 0.2) is 0 Å². The number of hydrogen-bond acceptors (Lipinski definition) is 0. The maximum atomic E-state index is 2.57. The molecule has 0 bridgehead atoms. The van der Waals surface area contributed by atoms with Crippen molar-refractivity contribution in [2.45, 2.75) is 21.1 Å². The number of halogens is 2. The average Bonchev–Trinajstić information content (AvgIpc) is 3.57. The molecule has 8 rings (SSSR count). The third-order valence-corrected chi connectivity index (χ3v) is 17.3. The fraction of sp³-hybridized carbons (Fsp3) is 0.108. The molecule has 0 saturated carbocycles. The summed E-state index contributed by atoms with van der Waals surface area (Å²) in [5.41, 5.74) is 6.01. The number of hydrogen-bond donors (Lipinski definition) is 0. The van der Waals surface area contributed by atoms with E-state index < -0.39 is 21.3 Å². The Bertz CT molecular complexity index is 1920. The Labute approximate surface area is 255 Å². The first-order chi connectivity index (χ1) is 18.7. The summed E-state index contributed by atoms with van der Waals surface area (Å²) in [5.74, 6) is 0. The molecule has 194 valence electrons. The first-order valence-electron chi connectivity index (χ1n) is 13.6. The summed E-state index contributed by atoms with van der Waals surface area (Å²) in [6, 6.07) is 36.5. The molecule has 0 fully saturated rings. The van der Waals surface area contributed by atoms with Crippen LogP contribution < -0.4 is 24.8 Å². The molecule has 6 aromatic rings. The van der Waals surface area contributed by atoms with Crippen LogP contribution in [0.25, 0.3) is 55.2 Å². The topological polar surface area (TPSA) is 0 Å². The van der Waals surface area contributed by atoms with Gasteiger partial charge in [-0.3, -0.25) is 0 Å². The van der Waals surface area contributed by atoms with Crippen LogP contribution in [-0.4, -0.2) is 3.21 Å². The molecular formula is C37H28Cl2Zr. The van der Waals surface area contributed by atoms with E-state index in [1.807, 2.05) is 0 Å². The van der Waals surface area contributed by atoms with Gasteiger partial charge in [-0.2, -0.15) is 0 Å². The van der Waals surface area contributed by atoms with Crippen LogP contribution in [0.1, 0.15) is 43.4 Å². The Balaban J connectivity index is 0.00000145. The standard InChI is InChI=1S/2C17H11.C3H6.2ClH.Zr/c2*1-2-6-15-12(4-1)8-10-14-11-9-13-5-3-7-16(13)17(14)15;1-3-2;;;/h2*1-11H;1-2H3;2*1H;/q;;;;;+2/p-2. The molecule has 2 aliphatic carbocycles. The van der Waals surface area contributed by atoms with Crippen LogP contribution in [0.5, 0.6) is 0 Å². The van der Waals surface area contributed by atoms with Crippen molar-refractivity contribution in [2.24, 2.45) is 0 Å². The molecule has 0 nitrogen and oxygen atoms in total. The van der Waals surface area contributed by atoms with E-state index in [2.05, 4.69) is 135 Å². The fourth-order valence-electron chi connectivity index (χ4n) is 7.17. The molecular weight excluding hydrogens is 607 g/mol. The second kappa shape index (κ2) is 10.5. The summed E-state index contributed by atoms with van der Waals surface area (Å²) in [7, 11) is 0. The van der Waals surface area contributed by atoms with E-state index in [9.17, 15) is 0 Å². The molecule has 40 heavy (non-hydrogen) atoms. The van der Waals surface area contributed by atoms with E-state index >= 15 is 0 Å². The molecule has 2 atom stereocenters. The quantitative estimate of drug-likeness (QED) is 0.253. The van der Waals surface area contributed by atoms with Crippen molar-refractivity contribution in [3.8, 4) is 0 Å². The number of benzene rings is 6. The van der Waals surface area contributed by atoms with Gasteiger partial charge in [0.25, 0.3) is 0 Å². The summed E-state index contributed by atoms with van der Waals surface area (Å²) < 4.78 is 2.74. The molecule has 0 amide bonds. The maximum Gasteiger partial charge on any atom is -1.00 e. The predicted octanol–water partition coefficient (Wildman–Crippen LogP) is 3.97. The Hall–Kier alpha value is -2.83. The first kappa shape index (κ1) is 27.3. The second-order valence-electron chi connectivity index (χ2n) is 11.0. The van der Waals surface area contributed by atoms with Crippen molar-refractivity contribution in [1.82, 2.24) is 0 Å². The Morgan fingerprint density at radius 2 is 0.900 bits per heavy atom. The third-order valence-electron chi connectivity index (χ3n) is 8.77. The van der Waals surface area contributed by atoms with Crippen molar-refractivity contribution in [2.75, 3.05) is 0 Å². The van der Waals surface area contributed by atoms with Crippen LogP contribution in [0.2, 0.25) is 0 Å². The fourth-order valence-corrected chi connectivity index (χ4v) is 15.7. The van der Waals surface area contributed by atoms with Gasteiger partial charge in [0, 0.05) is 0 Å². The van der Waals surface area contributed by atoms with Crippen LogP contribution in [0.15, 0.2) is 109 Å². The van der Waals surface area contributed by atoms with Gasteiger partial charge >= 0.3 is 232 Å². The molecule has 0 aromatic heterocycles. The van der Waals surface area contributed by atoms with Gasteiger partial charge in [0.2, 0.25) is 0 Å². The number of fused-ring (bicyclic) bond motifs is 10. The first-order valence-corrected chi connectivity index (χ1v) is 17.7. The van der Waals surface area contributed by atoms with Crippen molar-refractivity contribution in [3.05, 3.63) is 131 Å². The van der Waals surface area contributed by atoms with Gasteiger partial charge in [-0.15, -0.1) is 0 Å². The Morgan fingerprint density at radius 1 is 0.500 bits per heavy atom. The molecule has 6 aromatic carbocycles. The van der Waals surface area contributed by atoms with Crippen LogP contribution in [0.4, 0.5) is 0 Å². The van der Waals surface area contributed by atoms with Gasteiger partial charge < -0.3 is 24.8 Å². The molecule has 0 spiro atoms. The largest absolute Gasteiger partial charge is 1.00 e. The average molecular weight is 635 g/mol. The zero-order chi connectivity index (χ0) is 25.4. The minimum atomic E-state index is -2.31. The van der Waals surface area contributed by atoms with Crippen LogP contribution in [-0.2, 0) is 21.3 Å². The molecule has 2 aliphatic rings. The number of rotatable bonds is 2. The SMILES string of the molecule is C[C](C)=[Zr+2]([CH]1C=Cc2ccc3ccc4ccccc4c3c21)[CH]1C=Cc2ccc3ccc4ccccc4c3c21.[Cl-].[Cl-]. The predicted molar refractivity (Wildman–Crippen MR) is 163 cm³/mol. The summed E-state index contributed by atoms with van der Waals surface area (Å²) in [4.78, 5) is 0. The summed E-state index contributed by atoms with van der Waals surface area (Å²) in [5, 5.41) is 11.1. The van der Waals surface area contributed by atoms with Crippen LogP contribution >= 0.6 is 0 Å². The van der Waals surface area contributed by atoms with E-state index in [1.54, 1.807) is 14.3 Å². The van der Waals surface area contributed by atoms with Crippen LogP contribution in [0, 0.1) is 0 Å². The smallest absolute Gasteiger partial charge is 1.00 e. The van der Waals surface area contributed by atoms with Gasteiger partial charge in [-0.25, -0.2) is 0 Å². The van der Waals surface area contributed by atoms with E-state index in [0.717, 1.165) is 0 Å². The van der Waals surface area contributed by atoms with E-state index in [1.165, 1.54) is 54.2 Å². The van der Waals surface area contributed by atoms with Crippen molar-refractivity contribution >= 4 is 58.4 Å². The minimum absolute atomic E-state index is 0. The van der Waals surface area contributed by atoms with Gasteiger partial charge in [0.1, 0.15) is 0 Å². The monoisotopic (exact) mass is 632 g/mol. The van der Waals surface area contributed by atoms with E-state index in [-0.39, 0.29) is 24.8 Å². The molecule has 3 heteroatoms. The van der Waals surface area contributed by atoms with Gasteiger partial charge in [-0.05, 0) is 0 Å². The third kappa shape index (κ3) is 4.01. The zero-order valence-electron chi connectivity index (χ0n) is 22.5. The van der Waals surface area contributed by atoms with Gasteiger partial charge in [0.05, 0.1) is 0 Å². The maximum absolute atomic E-state index is 2.57. The van der Waals surface area contributed by atoms with E-state index in [0.29, 0.717) is 7.25 Å². The molecule has 0 N–H and O–H groups in total. The summed E-state index contributed by atoms with van der Waals surface area (Å²) in [6.07, 6.45) is 9.98. The second-order valence-corrected chi connectivity index (χ2v) is 18.8. The molecule has 0 saturated heterocycles. The zero-order valence-corrected chi connectivity index (χ0v) is 26.4. The van der Waals surface area contributed by atoms with Crippen LogP contribution in [0.3, 0.4) is 0 Å². The van der Waals surface area contributed by atoms with Crippen molar-refractivity contribution < 1.29 is 46.1 Å². The Morgan fingerprint density at radius 3 is 1.35 bits per heavy atom. The van der Waals surface area contributed by atoms with Crippen molar-refractivity contribution in [1.29, 1.82) is 0 Å². The Kier molecular flexibility index (Phi) is 7.20.